The van der Waals surface area contributed by atoms with Crippen molar-refractivity contribution in [1.29, 1.82) is 0 Å². The van der Waals surface area contributed by atoms with E-state index in [1.54, 1.807) is 5.56 Å². The molecule has 4 aromatic rings. The highest BCUT2D eigenvalue weighted by Crippen LogP contribution is 2.50. The standard InChI is InChI=1S/C31H32N/c1-21-18-25(23-6-4-3-5-7-23)12-14-28(21)31-29-15-13-26(20-27(29)16-17-32(31)2)30-19-22-8-10-24(30)11-9-22/h3-7,12-18,20,22,24,30H,8-11,19H2,1-2H3/q+1. The number of benzene rings is 3. The molecule has 1 unspecified atom stereocenters. The van der Waals surface area contributed by atoms with Crippen molar-refractivity contribution in [2.75, 3.05) is 0 Å². The van der Waals surface area contributed by atoms with Crippen LogP contribution in [0.3, 0.4) is 0 Å². The van der Waals surface area contributed by atoms with Crippen molar-refractivity contribution >= 4 is 10.8 Å². The molecule has 1 atom stereocenters. The minimum atomic E-state index is 0.774. The Labute approximate surface area is 191 Å². The largest absolute Gasteiger partial charge is 0.220 e. The molecule has 1 heterocycles. The van der Waals surface area contributed by atoms with Gasteiger partial charge < -0.3 is 0 Å². The molecule has 0 spiro atoms. The number of pyridine rings is 1. The third kappa shape index (κ3) is 3.35. The summed E-state index contributed by atoms with van der Waals surface area (Å²) in [6, 6.07) is 27.2. The molecule has 0 radical (unpaired) electrons. The van der Waals surface area contributed by atoms with Gasteiger partial charge in [0.15, 0.2) is 6.20 Å². The lowest BCUT2D eigenvalue weighted by molar-refractivity contribution is -0.659. The maximum Gasteiger partial charge on any atom is 0.220 e. The van der Waals surface area contributed by atoms with Crippen LogP contribution in [0, 0.1) is 18.8 Å². The predicted molar refractivity (Wildman–Crippen MR) is 134 cm³/mol. The molecule has 1 aromatic heterocycles. The lowest BCUT2D eigenvalue weighted by Crippen LogP contribution is -2.31. The molecule has 0 N–H and O–H groups in total. The summed E-state index contributed by atoms with van der Waals surface area (Å²) in [4.78, 5) is 0. The van der Waals surface area contributed by atoms with Gasteiger partial charge in [0.05, 0.1) is 5.39 Å². The molecule has 3 aliphatic carbocycles. The maximum absolute atomic E-state index is 2.50. The Morgan fingerprint density at radius 3 is 2.31 bits per heavy atom. The van der Waals surface area contributed by atoms with Gasteiger partial charge in [0.25, 0.3) is 0 Å². The van der Waals surface area contributed by atoms with Crippen LogP contribution in [0.1, 0.15) is 49.1 Å². The average Bonchev–Trinajstić information content (AvgIpc) is 2.85. The number of fused-ring (bicyclic) bond motifs is 4. The summed E-state index contributed by atoms with van der Waals surface area (Å²) in [6.07, 6.45) is 9.45. The van der Waals surface area contributed by atoms with Gasteiger partial charge in [0.1, 0.15) is 7.05 Å². The first-order valence-corrected chi connectivity index (χ1v) is 12.3. The summed E-state index contributed by atoms with van der Waals surface area (Å²) < 4.78 is 2.29. The number of aryl methyl sites for hydroxylation is 2. The molecule has 0 saturated heterocycles. The molecule has 1 nitrogen and oxygen atoms in total. The van der Waals surface area contributed by atoms with E-state index < -0.39 is 0 Å². The second kappa shape index (κ2) is 7.89. The number of hydrogen-bond acceptors (Lipinski definition) is 0. The first kappa shape index (κ1) is 19.7. The van der Waals surface area contributed by atoms with Crippen LogP contribution in [0.5, 0.6) is 0 Å². The third-order valence-corrected chi connectivity index (χ3v) is 8.23. The van der Waals surface area contributed by atoms with E-state index in [-0.39, 0.29) is 0 Å². The van der Waals surface area contributed by atoms with Crippen LogP contribution >= 0.6 is 0 Å². The Hall–Kier alpha value is -2.93. The topological polar surface area (TPSA) is 3.88 Å². The summed E-state index contributed by atoms with van der Waals surface area (Å²) in [6.45, 7) is 2.24. The van der Waals surface area contributed by atoms with Crippen LogP contribution < -0.4 is 4.57 Å². The number of rotatable bonds is 3. The highest BCUT2D eigenvalue weighted by atomic mass is 14.9. The van der Waals surface area contributed by atoms with E-state index in [1.165, 1.54) is 70.8 Å². The maximum atomic E-state index is 2.50. The van der Waals surface area contributed by atoms with E-state index in [4.69, 9.17) is 0 Å². The van der Waals surface area contributed by atoms with Gasteiger partial charge in [-0.3, -0.25) is 0 Å². The Kier molecular flexibility index (Phi) is 4.86. The van der Waals surface area contributed by atoms with Crippen LogP contribution in [0.2, 0.25) is 0 Å². The van der Waals surface area contributed by atoms with E-state index >= 15 is 0 Å². The monoisotopic (exact) mass is 418 g/mol. The van der Waals surface area contributed by atoms with Gasteiger partial charge in [-0.15, -0.1) is 0 Å². The van der Waals surface area contributed by atoms with Crippen LogP contribution in [0.15, 0.2) is 79.0 Å². The van der Waals surface area contributed by atoms with E-state index in [1.807, 2.05) is 0 Å². The van der Waals surface area contributed by atoms with Crippen molar-refractivity contribution in [3.63, 3.8) is 0 Å². The number of aromatic nitrogens is 1. The van der Waals surface area contributed by atoms with Crippen LogP contribution in [0.4, 0.5) is 0 Å². The quantitative estimate of drug-likeness (QED) is 0.302. The summed E-state index contributed by atoms with van der Waals surface area (Å²) >= 11 is 0. The van der Waals surface area contributed by atoms with Gasteiger partial charge in [0, 0.05) is 11.6 Å². The van der Waals surface area contributed by atoms with Crippen molar-refractivity contribution in [2.45, 2.75) is 44.9 Å². The normalized spacial score (nSPS) is 22.4. The second-order valence-electron chi connectivity index (χ2n) is 10.1. The molecule has 1 heteroatoms. The fourth-order valence-corrected chi connectivity index (χ4v) is 6.48. The van der Waals surface area contributed by atoms with Gasteiger partial charge in [0.2, 0.25) is 5.69 Å². The second-order valence-corrected chi connectivity index (χ2v) is 10.1. The lowest BCUT2D eigenvalue weighted by Gasteiger charge is -2.42. The first-order valence-electron chi connectivity index (χ1n) is 12.3. The Morgan fingerprint density at radius 2 is 1.59 bits per heavy atom. The summed E-state index contributed by atoms with van der Waals surface area (Å²) in [7, 11) is 2.17. The average molecular weight is 419 g/mol. The Balaban J connectivity index is 1.42. The minimum Gasteiger partial charge on any atom is -0.200 e. The highest BCUT2D eigenvalue weighted by Gasteiger charge is 2.36. The van der Waals surface area contributed by atoms with Crippen LogP contribution in [-0.2, 0) is 7.05 Å². The van der Waals surface area contributed by atoms with E-state index in [0.717, 1.165) is 17.8 Å². The molecular weight excluding hydrogens is 386 g/mol. The fraction of sp³-hybridized carbons (Fsp3) is 0.323. The zero-order chi connectivity index (χ0) is 21.7. The first-order chi connectivity index (χ1) is 15.7. The Bertz CT molecular complexity index is 1280. The molecule has 0 amide bonds. The SMILES string of the molecule is Cc1cc(-c2ccccc2)ccc1-c1c2ccc(C3CC4CCC3CC4)cc2cc[n+]1C. The van der Waals surface area contributed by atoms with E-state index in [0.29, 0.717) is 0 Å². The minimum absolute atomic E-state index is 0.774. The number of nitrogens with zero attached hydrogens (tertiary/aromatic N) is 1. The van der Waals surface area contributed by atoms with Crippen LogP contribution in [0.25, 0.3) is 33.2 Å². The zero-order valence-corrected chi connectivity index (χ0v) is 19.2. The van der Waals surface area contributed by atoms with Crippen molar-refractivity contribution in [3.8, 4) is 22.4 Å². The molecule has 3 fully saturated rings. The van der Waals surface area contributed by atoms with E-state index in [2.05, 4.69) is 97.5 Å². The Morgan fingerprint density at radius 1 is 0.781 bits per heavy atom. The van der Waals surface area contributed by atoms with Gasteiger partial charge in [-0.25, -0.2) is 4.57 Å². The van der Waals surface area contributed by atoms with Crippen molar-refractivity contribution < 1.29 is 4.57 Å². The van der Waals surface area contributed by atoms with Crippen molar-refractivity contribution in [1.82, 2.24) is 0 Å². The highest BCUT2D eigenvalue weighted by molar-refractivity contribution is 5.94. The molecule has 3 aliphatic rings. The molecule has 0 aliphatic heterocycles. The molecule has 32 heavy (non-hydrogen) atoms. The van der Waals surface area contributed by atoms with E-state index in [9.17, 15) is 0 Å². The predicted octanol–water partition coefficient (Wildman–Crippen LogP) is 7.60. The van der Waals surface area contributed by atoms with Crippen LogP contribution in [-0.4, -0.2) is 0 Å². The molecule has 2 bridgehead atoms. The summed E-state index contributed by atoms with van der Waals surface area (Å²) in [5, 5.41) is 2.74. The third-order valence-electron chi connectivity index (χ3n) is 8.23. The molecule has 160 valence electrons. The van der Waals surface area contributed by atoms with Crippen molar-refractivity contribution in [3.05, 3.63) is 90.1 Å². The summed E-state index contributed by atoms with van der Waals surface area (Å²) in [5.74, 6) is 2.65. The molecule has 3 aromatic carbocycles. The fourth-order valence-electron chi connectivity index (χ4n) is 6.48. The van der Waals surface area contributed by atoms with Gasteiger partial charge in [-0.2, -0.15) is 0 Å². The molecule has 3 saturated carbocycles. The summed E-state index contributed by atoms with van der Waals surface area (Å²) in [5.41, 5.74) is 8.09. The van der Waals surface area contributed by atoms with Gasteiger partial charge in [-0.05, 0) is 83.7 Å². The zero-order valence-electron chi connectivity index (χ0n) is 19.2. The lowest BCUT2D eigenvalue weighted by atomic mass is 9.63. The van der Waals surface area contributed by atoms with Gasteiger partial charge >= 0.3 is 0 Å². The van der Waals surface area contributed by atoms with Gasteiger partial charge in [-0.1, -0.05) is 67.4 Å². The molecule has 7 rings (SSSR count). The van der Waals surface area contributed by atoms with Crippen molar-refractivity contribution in [2.24, 2.45) is 18.9 Å². The number of hydrogen-bond donors (Lipinski definition) is 0. The molecular formula is C31H32N+. The smallest absolute Gasteiger partial charge is 0.200 e.